The Labute approximate surface area is 112 Å². The van der Waals surface area contributed by atoms with E-state index in [1.807, 2.05) is 30.3 Å². The predicted octanol–water partition coefficient (Wildman–Crippen LogP) is 5.22. The number of azo groups is 1. The number of benzene rings is 2. The maximum absolute atomic E-state index is 9.69. The highest BCUT2D eigenvalue weighted by Crippen LogP contribution is 2.37. The van der Waals surface area contributed by atoms with Gasteiger partial charge in [-0.1, -0.05) is 45.7 Å². The predicted molar refractivity (Wildman–Crippen MR) is 71.4 cm³/mol. The van der Waals surface area contributed by atoms with Crippen molar-refractivity contribution < 1.29 is 5.11 Å². The molecule has 5 heteroatoms. The first kappa shape index (κ1) is 12.1. The van der Waals surface area contributed by atoms with Crippen LogP contribution in [0.3, 0.4) is 0 Å². The van der Waals surface area contributed by atoms with E-state index in [1.54, 1.807) is 12.1 Å². The first-order chi connectivity index (χ1) is 8.16. The molecular formula is C12H8BrClN2O. The third-order valence-electron chi connectivity index (χ3n) is 2.04. The molecule has 17 heavy (non-hydrogen) atoms. The van der Waals surface area contributed by atoms with Gasteiger partial charge in [-0.05, 0) is 24.3 Å². The van der Waals surface area contributed by atoms with E-state index in [1.165, 1.54) is 0 Å². The molecule has 0 bridgehead atoms. The van der Waals surface area contributed by atoms with Gasteiger partial charge in [0.25, 0.3) is 0 Å². The normalized spacial score (nSPS) is 10.9. The van der Waals surface area contributed by atoms with Crippen LogP contribution in [0.5, 0.6) is 5.75 Å². The molecule has 0 radical (unpaired) electrons. The molecular weight excluding hydrogens is 304 g/mol. The summed E-state index contributed by atoms with van der Waals surface area (Å²) in [6.45, 7) is 0. The van der Waals surface area contributed by atoms with Crippen LogP contribution in [0.2, 0.25) is 5.02 Å². The summed E-state index contributed by atoms with van der Waals surface area (Å²) in [5.74, 6) is -0.0745. The van der Waals surface area contributed by atoms with Crippen molar-refractivity contribution in [1.29, 1.82) is 0 Å². The fourth-order valence-electron chi connectivity index (χ4n) is 1.23. The minimum absolute atomic E-state index is 0.0745. The van der Waals surface area contributed by atoms with E-state index < -0.39 is 0 Å². The standard InChI is InChI=1S/C12H8BrClN2O/c13-8-6-10(14)12(17)11(7-8)16-15-9-4-2-1-3-5-9/h1-7,17H. The summed E-state index contributed by atoms with van der Waals surface area (Å²) in [5.41, 5.74) is 1.04. The Bertz CT molecular complexity index is 558. The quantitative estimate of drug-likeness (QED) is 0.759. The third kappa shape index (κ3) is 3.05. The van der Waals surface area contributed by atoms with Gasteiger partial charge < -0.3 is 5.11 Å². The van der Waals surface area contributed by atoms with Gasteiger partial charge >= 0.3 is 0 Å². The molecule has 0 aliphatic heterocycles. The fraction of sp³-hybridized carbons (Fsp3) is 0. The number of hydrogen-bond acceptors (Lipinski definition) is 3. The van der Waals surface area contributed by atoms with Crippen molar-refractivity contribution in [2.45, 2.75) is 0 Å². The smallest absolute Gasteiger partial charge is 0.161 e. The van der Waals surface area contributed by atoms with Crippen LogP contribution in [0.4, 0.5) is 11.4 Å². The second kappa shape index (κ2) is 5.29. The number of rotatable bonds is 2. The van der Waals surface area contributed by atoms with Crippen molar-refractivity contribution in [2.24, 2.45) is 10.2 Å². The molecule has 0 aromatic heterocycles. The highest BCUT2D eigenvalue weighted by Gasteiger charge is 2.06. The van der Waals surface area contributed by atoms with E-state index in [2.05, 4.69) is 26.2 Å². The lowest BCUT2D eigenvalue weighted by molar-refractivity contribution is 0.476. The zero-order valence-electron chi connectivity index (χ0n) is 8.64. The van der Waals surface area contributed by atoms with E-state index in [4.69, 9.17) is 11.6 Å². The van der Waals surface area contributed by atoms with Gasteiger partial charge in [-0.3, -0.25) is 0 Å². The van der Waals surface area contributed by atoms with Crippen LogP contribution < -0.4 is 0 Å². The second-order valence-corrected chi connectivity index (χ2v) is 4.61. The molecule has 0 unspecified atom stereocenters. The van der Waals surface area contributed by atoms with Gasteiger partial charge in [0.2, 0.25) is 0 Å². The van der Waals surface area contributed by atoms with Crippen LogP contribution in [0.1, 0.15) is 0 Å². The Balaban J connectivity index is 2.33. The molecule has 0 fully saturated rings. The minimum Gasteiger partial charge on any atom is -0.504 e. The molecule has 0 spiro atoms. The molecule has 2 rings (SSSR count). The lowest BCUT2D eigenvalue weighted by Gasteiger charge is -2.01. The molecule has 0 amide bonds. The zero-order chi connectivity index (χ0) is 12.3. The Morgan fingerprint density at radius 1 is 1.06 bits per heavy atom. The summed E-state index contributed by atoms with van der Waals surface area (Å²) in [4.78, 5) is 0. The fourth-order valence-corrected chi connectivity index (χ4v) is 2.03. The van der Waals surface area contributed by atoms with Crippen molar-refractivity contribution >= 4 is 38.9 Å². The van der Waals surface area contributed by atoms with Crippen LogP contribution in [0, 0.1) is 0 Å². The molecule has 3 nitrogen and oxygen atoms in total. The van der Waals surface area contributed by atoms with Gasteiger partial charge in [-0.15, -0.1) is 5.11 Å². The van der Waals surface area contributed by atoms with Gasteiger partial charge in [0.05, 0.1) is 10.7 Å². The topological polar surface area (TPSA) is 45.0 Å². The van der Waals surface area contributed by atoms with E-state index in [-0.39, 0.29) is 10.8 Å². The zero-order valence-corrected chi connectivity index (χ0v) is 11.0. The van der Waals surface area contributed by atoms with Crippen LogP contribution in [0.25, 0.3) is 0 Å². The summed E-state index contributed by atoms with van der Waals surface area (Å²) < 4.78 is 0.738. The van der Waals surface area contributed by atoms with Crippen LogP contribution in [-0.4, -0.2) is 5.11 Å². The van der Waals surface area contributed by atoms with Crippen molar-refractivity contribution in [2.75, 3.05) is 0 Å². The van der Waals surface area contributed by atoms with Crippen molar-refractivity contribution in [1.82, 2.24) is 0 Å². The first-order valence-corrected chi connectivity index (χ1v) is 5.99. The number of phenols is 1. The van der Waals surface area contributed by atoms with E-state index in [0.29, 0.717) is 11.4 Å². The molecule has 0 aliphatic rings. The molecule has 0 saturated heterocycles. The van der Waals surface area contributed by atoms with E-state index in [9.17, 15) is 5.11 Å². The molecule has 86 valence electrons. The Kier molecular flexibility index (Phi) is 3.76. The third-order valence-corrected chi connectivity index (χ3v) is 2.78. The highest BCUT2D eigenvalue weighted by molar-refractivity contribution is 9.10. The largest absolute Gasteiger partial charge is 0.504 e. The SMILES string of the molecule is Oc1c(Cl)cc(Br)cc1N=Nc1ccccc1. The van der Waals surface area contributed by atoms with Crippen molar-refractivity contribution in [3.05, 3.63) is 52.0 Å². The van der Waals surface area contributed by atoms with Gasteiger partial charge in [0.1, 0.15) is 5.69 Å². The Morgan fingerprint density at radius 2 is 1.76 bits per heavy atom. The van der Waals surface area contributed by atoms with Gasteiger partial charge in [0.15, 0.2) is 5.75 Å². The lowest BCUT2D eigenvalue weighted by atomic mass is 10.3. The molecule has 0 atom stereocenters. The van der Waals surface area contributed by atoms with Gasteiger partial charge in [-0.25, -0.2) is 0 Å². The Hall–Kier alpha value is -1.39. The van der Waals surface area contributed by atoms with Crippen molar-refractivity contribution in [3.63, 3.8) is 0 Å². The maximum atomic E-state index is 9.69. The van der Waals surface area contributed by atoms with E-state index >= 15 is 0 Å². The second-order valence-electron chi connectivity index (χ2n) is 3.29. The molecule has 1 N–H and O–H groups in total. The van der Waals surface area contributed by atoms with Crippen LogP contribution >= 0.6 is 27.5 Å². The van der Waals surface area contributed by atoms with E-state index in [0.717, 1.165) is 4.47 Å². The highest BCUT2D eigenvalue weighted by atomic mass is 79.9. The lowest BCUT2D eigenvalue weighted by Crippen LogP contribution is -1.72. The number of aromatic hydroxyl groups is 1. The summed E-state index contributed by atoms with van der Waals surface area (Å²) in [6.07, 6.45) is 0. The summed E-state index contributed by atoms with van der Waals surface area (Å²) >= 11 is 9.10. The van der Waals surface area contributed by atoms with Crippen LogP contribution in [-0.2, 0) is 0 Å². The summed E-state index contributed by atoms with van der Waals surface area (Å²) in [7, 11) is 0. The molecule has 0 saturated carbocycles. The van der Waals surface area contributed by atoms with Gasteiger partial charge in [0, 0.05) is 4.47 Å². The number of hydrogen-bond donors (Lipinski definition) is 1. The average Bonchev–Trinajstić information content (AvgIpc) is 2.33. The summed E-state index contributed by atoms with van der Waals surface area (Å²) in [5, 5.41) is 17.9. The maximum Gasteiger partial charge on any atom is 0.161 e. The van der Waals surface area contributed by atoms with Crippen LogP contribution in [0.15, 0.2) is 57.2 Å². The molecule has 2 aromatic carbocycles. The average molecular weight is 312 g/mol. The Morgan fingerprint density at radius 3 is 2.47 bits per heavy atom. The molecule has 0 heterocycles. The number of phenolic OH excluding ortho intramolecular Hbond substituents is 1. The van der Waals surface area contributed by atoms with Crippen molar-refractivity contribution in [3.8, 4) is 5.75 Å². The van der Waals surface area contributed by atoms with Gasteiger partial charge in [-0.2, -0.15) is 5.11 Å². The minimum atomic E-state index is -0.0745. The first-order valence-electron chi connectivity index (χ1n) is 4.81. The molecule has 0 aliphatic carbocycles. The summed E-state index contributed by atoms with van der Waals surface area (Å²) in [6, 6.07) is 12.5. The number of halogens is 2. The monoisotopic (exact) mass is 310 g/mol. The number of nitrogens with zero attached hydrogens (tertiary/aromatic N) is 2. The molecule has 2 aromatic rings.